The van der Waals surface area contributed by atoms with Crippen LogP contribution in [0.4, 0.5) is 0 Å². The summed E-state index contributed by atoms with van der Waals surface area (Å²) in [5, 5.41) is 3.06. The summed E-state index contributed by atoms with van der Waals surface area (Å²) in [7, 11) is 1.96. The van der Waals surface area contributed by atoms with E-state index in [9.17, 15) is 4.79 Å². The molecule has 0 unspecified atom stereocenters. The van der Waals surface area contributed by atoms with E-state index in [-0.39, 0.29) is 11.9 Å². The van der Waals surface area contributed by atoms with Gasteiger partial charge < -0.3 is 14.8 Å². The number of nitrogens with zero attached hydrogens (tertiary/aromatic N) is 1. The van der Waals surface area contributed by atoms with Crippen LogP contribution in [0.25, 0.3) is 0 Å². The number of hydrogen-bond acceptors (Lipinski definition) is 5. The van der Waals surface area contributed by atoms with E-state index >= 15 is 0 Å². The van der Waals surface area contributed by atoms with Crippen LogP contribution in [0.2, 0.25) is 0 Å². The molecule has 0 spiro atoms. The van der Waals surface area contributed by atoms with Gasteiger partial charge in [-0.2, -0.15) is 0 Å². The first-order valence-corrected chi connectivity index (χ1v) is 10.3. The van der Waals surface area contributed by atoms with Gasteiger partial charge in [-0.15, -0.1) is 11.8 Å². The van der Waals surface area contributed by atoms with Gasteiger partial charge in [0.2, 0.25) is 5.91 Å². The van der Waals surface area contributed by atoms with E-state index in [0.717, 1.165) is 23.6 Å². The van der Waals surface area contributed by atoms with Gasteiger partial charge in [0.15, 0.2) is 11.5 Å². The number of carbonyl (C=O) groups excluding carboxylic acids is 1. The summed E-state index contributed by atoms with van der Waals surface area (Å²) in [6, 6.07) is 14.1. The SMILES string of the molecule is CSc1ccc(CN(C)CC(=O)N[C@@H](C)c2ccc3c(c2)OCCO3)cc1. The van der Waals surface area contributed by atoms with Crippen LogP contribution >= 0.6 is 11.8 Å². The molecule has 3 rings (SSSR count). The van der Waals surface area contributed by atoms with Crippen LogP contribution in [0, 0.1) is 0 Å². The maximum Gasteiger partial charge on any atom is 0.234 e. The molecule has 0 fully saturated rings. The molecule has 1 heterocycles. The van der Waals surface area contributed by atoms with Crippen LogP contribution in [0.15, 0.2) is 47.4 Å². The minimum absolute atomic E-state index is 0.000577. The third-order valence-corrected chi connectivity index (χ3v) is 5.21. The van der Waals surface area contributed by atoms with Crippen molar-refractivity contribution in [1.29, 1.82) is 0 Å². The molecular weight excluding hydrogens is 360 g/mol. The summed E-state index contributed by atoms with van der Waals surface area (Å²) in [5.41, 5.74) is 2.20. The second-order valence-electron chi connectivity index (χ2n) is 6.71. The number of thioether (sulfide) groups is 1. The number of carbonyl (C=O) groups is 1. The van der Waals surface area contributed by atoms with E-state index in [1.165, 1.54) is 10.5 Å². The van der Waals surface area contributed by atoms with Crippen molar-refractivity contribution < 1.29 is 14.3 Å². The van der Waals surface area contributed by atoms with Gasteiger partial charge in [0.05, 0.1) is 12.6 Å². The van der Waals surface area contributed by atoms with Gasteiger partial charge in [-0.25, -0.2) is 0 Å². The molecule has 1 atom stereocenters. The van der Waals surface area contributed by atoms with Crippen LogP contribution < -0.4 is 14.8 Å². The Balaban J connectivity index is 1.51. The number of amides is 1. The van der Waals surface area contributed by atoms with Crippen LogP contribution in [-0.2, 0) is 11.3 Å². The Morgan fingerprint density at radius 1 is 1.15 bits per heavy atom. The monoisotopic (exact) mass is 386 g/mol. The van der Waals surface area contributed by atoms with Gasteiger partial charge in [-0.3, -0.25) is 9.69 Å². The van der Waals surface area contributed by atoms with Crippen LogP contribution in [-0.4, -0.2) is 43.9 Å². The molecule has 0 bridgehead atoms. The highest BCUT2D eigenvalue weighted by Crippen LogP contribution is 2.32. The van der Waals surface area contributed by atoms with Gasteiger partial charge in [-0.05, 0) is 55.6 Å². The molecule has 0 saturated heterocycles. The zero-order chi connectivity index (χ0) is 19.2. The fourth-order valence-electron chi connectivity index (χ4n) is 3.04. The molecule has 0 radical (unpaired) electrons. The van der Waals surface area contributed by atoms with Crippen molar-refractivity contribution in [1.82, 2.24) is 10.2 Å². The van der Waals surface area contributed by atoms with Crippen LogP contribution in [0.5, 0.6) is 11.5 Å². The minimum atomic E-state index is -0.0948. The van der Waals surface area contributed by atoms with Crippen molar-refractivity contribution in [2.45, 2.75) is 24.4 Å². The molecule has 2 aromatic carbocycles. The smallest absolute Gasteiger partial charge is 0.234 e. The molecule has 0 aliphatic carbocycles. The van der Waals surface area contributed by atoms with Crippen molar-refractivity contribution in [3.8, 4) is 11.5 Å². The third kappa shape index (κ3) is 5.40. The van der Waals surface area contributed by atoms with Crippen LogP contribution in [0.1, 0.15) is 24.1 Å². The first kappa shape index (κ1) is 19.6. The van der Waals surface area contributed by atoms with E-state index in [4.69, 9.17) is 9.47 Å². The van der Waals surface area contributed by atoms with Crippen molar-refractivity contribution in [3.05, 3.63) is 53.6 Å². The predicted molar refractivity (Wildman–Crippen MR) is 109 cm³/mol. The van der Waals surface area contributed by atoms with Crippen molar-refractivity contribution in [3.63, 3.8) is 0 Å². The Labute approximate surface area is 165 Å². The number of ether oxygens (including phenoxy) is 2. The molecule has 144 valence electrons. The average Bonchev–Trinajstić information content (AvgIpc) is 2.68. The maximum absolute atomic E-state index is 12.4. The molecule has 27 heavy (non-hydrogen) atoms. The molecule has 1 N–H and O–H groups in total. The van der Waals surface area contributed by atoms with E-state index in [1.807, 2.05) is 37.1 Å². The first-order valence-electron chi connectivity index (χ1n) is 9.05. The number of fused-ring (bicyclic) bond motifs is 1. The summed E-state index contributed by atoms with van der Waals surface area (Å²) in [6.45, 7) is 4.19. The van der Waals surface area contributed by atoms with E-state index in [2.05, 4.69) is 35.8 Å². The third-order valence-electron chi connectivity index (χ3n) is 4.47. The van der Waals surface area contributed by atoms with Gasteiger partial charge in [0.25, 0.3) is 0 Å². The van der Waals surface area contributed by atoms with Gasteiger partial charge in [-0.1, -0.05) is 18.2 Å². The summed E-state index contributed by atoms with van der Waals surface area (Å²) in [6.07, 6.45) is 2.06. The maximum atomic E-state index is 12.4. The number of benzene rings is 2. The predicted octanol–water partition coefficient (Wildman–Crippen LogP) is 3.49. The van der Waals surface area contributed by atoms with Crippen molar-refractivity contribution in [2.75, 3.05) is 33.1 Å². The normalized spacial score (nSPS) is 14.1. The summed E-state index contributed by atoms with van der Waals surface area (Å²) in [4.78, 5) is 15.7. The number of rotatable bonds is 7. The molecular formula is C21H26N2O3S. The lowest BCUT2D eigenvalue weighted by molar-refractivity contribution is -0.122. The molecule has 1 aliphatic heterocycles. The Hall–Kier alpha value is -2.18. The van der Waals surface area contributed by atoms with E-state index in [0.29, 0.717) is 19.8 Å². The highest BCUT2D eigenvalue weighted by molar-refractivity contribution is 7.98. The zero-order valence-corrected chi connectivity index (χ0v) is 16.8. The standard InChI is InChI=1S/C21H26N2O3S/c1-15(17-6-9-19-20(12-17)26-11-10-25-19)22-21(24)14-23(2)13-16-4-7-18(27-3)8-5-16/h4-9,12,15H,10-11,13-14H2,1-3H3,(H,22,24)/t15-/m0/s1. The Morgan fingerprint density at radius 3 is 2.56 bits per heavy atom. The second-order valence-corrected chi connectivity index (χ2v) is 7.59. The molecule has 0 saturated carbocycles. The molecule has 1 amide bonds. The van der Waals surface area contributed by atoms with Crippen molar-refractivity contribution in [2.24, 2.45) is 0 Å². The largest absolute Gasteiger partial charge is 0.486 e. The van der Waals surface area contributed by atoms with Crippen LogP contribution in [0.3, 0.4) is 0 Å². The summed E-state index contributed by atoms with van der Waals surface area (Å²) in [5.74, 6) is 1.50. The quantitative estimate of drug-likeness (QED) is 0.738. The van der Waals surface area contributed by atoms with E-state index < -0.39 is 0 Å². The molecule has 6 heteroatoms. The molecule has 0 aromatic heterocycles. The molecule has 2 aromatic rings. The minimum Gasteiger partial charge on any atom is -0.486 e. The fraction of sp³-hybridized carbons (Fsp3) is 0.381. The lowest BCUT2D eigenvalue weighted by Crippen LogP contribution is -2.36. The van der Waals surface area contributed by atoms with Gasteiger partial charge in [0.1, 0.15) is 13.2 Å². The Morgan fingerprint density at radius 2 is 1.85 bits per heavy atom. The second kappa shape index (κ2) is 9.15. The number of likely N-dealkylation sites (N-methyl/N-ethyl adjacent to an activating group) is 1. The molecule has 1 aliphatic rings. The Bertz CT molecular complexity index is 779. The summed E-state index contributed by atoms with van der Waals surface area (Å²) >= 11 is 1.73. The van der Waals surface area contributed by atoms with Crippen molar-refractivity contribution >= 4 is 17.7 Å². The number of hydrogen-bond donors (Lipinski definition) is 1. The fourth-order valence-corrected chi connectivity index (χ4v) is 3.45. The molecule has 5 nitrogen and oxygen atoms in total. The Kier molecular flexibility index (Phi) is 6.63. The van der Waals surface area contributed by atoms with Gasteiger partial charge in [0, 0.05) is 11.4 Å². The summed E-state index contributed by atoms with van der Waals surface area (Å²) < 4.78 is 11.2. The lowest BCUT2D eigenvalue weighted by atomic mass is 10.1. The van der Waals surface area contributed by atoms with E-state index in [1.54, 1.807) is 11.8 Å². The lowest BCUT2D eigenvalue weighted by Gasteiger charge is -2.22. The topological polar surface area (TPSA) is 50.8 Å². The first-order chi connectivity index (χ1) is 13.0. The highest BCUT2D eigenvalue weighted by Gasteiger charge is 2.16. The highest BCUT2D eigenvalue weighted by atomic mass is 32.2. The van der Waals surface area contributed by atoms with Gasteiger partial charge >= 0.3 is 0 Å². The number of nitrogens with one attached hydrogen (secondary N) is 1. The average molecular weight is 387 g/mol. The zero-order valence-electron chi connectivity index (χ0n) is 16.0.